The number of carbonyl (C=O) groups is 1. The number of aryl methyl sites for hydroxylation is 1. The predicted octanol–water partition coefficient (Wildman–Crippen LogP) is 4.72. The molecule has 6 heteroatoms. The van der Waals surface area contributed by atoms with Crippen molar-refractivity contribution >= 4 is 17.5 Å². The molecule has 0 spiro atoms. The van der Waals surface area contributed by atoms with Crippen LogP contribution in [0.2, 0.25) is 5.02 Å². The summed E-state index contributed by atoms with van der Waals surface area (Å²) in [6.07, 6.45) is 1.85. The van der Waals surface area contributed by atoms with Crippen molar-refractivity contribution in [2.75, 3.05) is 13.1 Å². The monoisotopic (exact) mass is 381 g/mol. The number of amides is 1. The van der Waals surface area contributed by atoms with Crippen LogP contribution in [0.25, 0.3) is 11.4 Å². The molecule has 138 valence electrons. The number of rotatable bonds is 3. The number of likely N-dealkylation sites (tertiary alicyclic amines) is 1. The van der Waals surface area contributed by atoms with Crippen LogP contribution >= 0.6 is 11.6 Å². The maximum absolute atomic E-state index is 12.9. The molecule has 1 fully saturated rings. The van der Waals surface area contributed by atoms with E-state index in [0.29, 0.717) is 23.3 Å². The van der Waals surface area contributed by atoms with E-state index in [1.807, 2.05) is 48.2 Å². The highest BCUT2D eigenvalue weighted by Gasteiger charge is 2.29. The zero-order valence-electron chi connectivity index (χ0n) is 15.1. The predicted molar refractivity (Wildman–Crippen MR) is 104 cm³/mol. The van der Waals surface area contributed by atoms with Crippen molar-refractivity contribution in [2.45, 2.75) is 25.7 Å². The molecule has 1 saturated heterocycles. The number of halogens is 1. The number of piperidine rings is 1. The fourth-order valence-electron chi connectivity index (χ4n) is 3.46. The summed E-state index contributed by atoms with van der Waals surface area (Å²) in [5.41, 5.74) is 2.61. The normalized spacial score (nSPS) is 17.1. The Kier molecular flexibility index (Phi) is 4.94. The lowest BCUT2D eigenvalue weighted by Gasteiger charge is -2.31. The molecule has 5 nitrogen and oxygen atoms in total. The molecule has 2 heterocycles. The van der Waals surface area contributed by atoms with Crippen LogP contribution in [0.3, 0.4) is 0 Å². The van der Waals surface area contributed by atoms with E-state index < -0.39 is 0 Å². The largest absolute Gasteiger partial charge is 0.339 e. The van der Waals surface area contributed by atoms with Gasteiger partial charge < -0.3 is 9.42 Å². The minimum atomic E-state index is 0.0558. The van der Waals surface area contributed by atoms with E-state index in [2.05, 4.69) is 10.1 Å². The average molecular weight is 382 g/mol. The second-order valence-electron chi connectivity index (χ2n) is 6.87. The van der Waals surface area contributed by atoms with Gasteiger partial charge in [-0.1, -0.05) is 35.0 Å². The SMILES string of the molecule is Cc1ccccc1C(=O)N1CCC[C@@H](c2nc(-c3ccc(Cl)cc3)no2)C1. The van der Waals surface area contributed by atoms with Crippen LogP contribution in [0, 0.1) is 6.92 Å². The van der Waals surface area contributed by atoms with Crippen molar-refractivity contribution in [3.8, 4) is 11.4 Å². The zero-order valence-corrected chi connectivity index (χ0v) is 15.8. The van der Waals surface area contributed by atoms with E-state index in [1.165, 1.54) is 0 Å². The maximum atomic E-state index is 12.9. The minimum Gasteiger partial charge on any atom is -0.339 e. The van der Waals surface area contributed by atoms with Crippen LogP contribution in [-0.2, 0) is 0 Å². The summed E-state index contributed by atoms with van der Waals surface area (Å²) in [7, 11) is 0. The minimum absolute atomic E-state index is 0.0558. The van der Waals surface area contributed by atoms with Gasteiger partial charge in [-0.2, -0.15) is 4.98 Å². The summed E-state index contributed by atoms with van der Waals surface area (Å²) >= 11 is 5.93. The highest BCUT2D eigenvalue weighted by molar-refractivity contribution is 6.30. The van der Waals surface area contributed by atoms with Gasteiger partial charge in [-0.15, -0.1) is 0 Å². The Labute approximate surface area is 163 Å². The van der Waals surface area contributed by atoms with Crippen molar-refractivity contribution in [3.05, 3.63) is 70.6 Å². The number of hydrogen-bond donors (Lipinski definition) is 0. The second-order valence-corrected chi connectivity index (χ2v) is 7.30. The smallest absolute Gasteiger partial charge is 0.254 e. The standard InChI is InChI=1S/C21H20ClN3O2/c1-14-5-2-3-7-18(14)21(26)25-12-4-6-16(13-25)20-23-19(24-27-20)15-8-10-17(22)11-9-15/h2-3,5,7-11,16H,4,6,12-13H2,1H3/t16-/m1/s1. The number of nitrogens with zero attached hydrogens (tertiary/aromatic N) is 3. The number of carbonyl (C=O) groups excluding carboxylic acids is 1. The van der Waals surface area contributed by atoms with Gasteiger partial charge >= 0.3 is 0 Å². The molecule has 2 aromatic carbocycles. The van der Waals surface area contributed by atoms with E-state index in [9.17, 15) is 4.79 Å². The molecule has 1 amide bonds. The van der Waals surface area contributed by atoms with Crippen LogP contribution in [0.4, 0.5) is 0 Å². The number of benzene rings is 2. The van der Waals surface area contributed by atoms with E-state index in [-0.39, 0.29) is 11.8 Å². The summed E-state index contributed by atoms with van der Waals surface area (Å²) < 4.78 is 5.51. The third kappa shape index (κ3) is 3.74. The Hall–Kier alpha value is -2.66. The first kappa shape index (κ1) is 17.7. The van der Waals surface area contributed by atoms with Crippen LogP contribution in [0.1, 0.15) is 40.6 Å². The zero-order chi connectivity index (χ0) is 18.8. The van der Waals surface area contributed by atoms with Crippen LogP contribution in [-0.4, -0.2) is 34.0 Å². The summed E-state index contributed by atoms with van der Waals surface area (Å²) in [4.78, 5) is 19.4. The maximum Gasteiger partial charge on any atom is 0.254 e. The summed E-state index contributed by atoms with van der Waals surface area (Å²) in [5.74, 6) is 1.25. The molecule has 0 N–H and O–H groups in total. The highest BCUT2D eigenvalue weighted by atomic mass is 35.5. The lowest BCUT2D eigenvalue weighted by molar-refractivity contribution is 0.0695. The summed E-state index contributed by atoms with van der Waals surface area (Å²) in [6.45, 7) is 3.31. The van der Waals surface area contributed by atoms with Crippen LogP contribution in [0.5, 0.6) is 0 Å². The third-order valence-electron chi connectivity index (χ3n) is 4.98. The van der Waals surface area contributed by atoms with E-state index in [1.54, 1.807) is 12.1 Å². The van der Waals surface area contributed by atoms with E-state index in [0.717, 1.165) is 36.1 Å². The van der Waals surface area contributed by atoms with Crippen LogP contribution in [0.15, 0.2) is 53.1 Å². The molecular weight excluding hydrogens is 362 g/mol. The molecule has 0 bridgehead atoms. The fourth-order valence-corrected chi connectivity index (χ4v) is 3.59. The van der Waals surface area contributed by atoms with Gasteiger partial charge in [-0.05, 0) is 55.7 Å². The van der Waals surface area contributed by atoms with Gasteiger partial charge in [0.25, 0.3) is 5.91 Å². The quantitative estimate of drug-likeness (QED) is 0.658. The molecule has 27 heavy (non-hydrogen) atoms. The molecule has 1 aromatic heterocycles. The highest BCUT2D eigenvalue weighted by Crippen LogP contribution is 2.29. The molecular formula is C21H20ClN3O2. The van der Waals surface area contributed by atoms with Crippen molar-refractivity contribution in [3.63, 3.8) is 0 Å². The van der Waals surface area contributed by atoms with E-state index >= 15 is 0 Å². The molecule has 0 radical (unpaired) electrons. The Morgan fingerprint density at radius 2 is 1.96 bits per heavy atom. The summed E-state index contributed by atoms with van der Waals surface area (Å²) in [6, 6.07) is 15.0. The number of hydrogen-bond acceptors (Lipinski definition) is 4. The Bertz CT molecular complexity index is 952. The molecule has 4 rings (SSSR count). The topological polar surface area (TPSA) is 59.2 Å². The lowest BCUT2D eigenvalue weighted by Crippen LogP contribution is -2.39. The Morgan fingerprint density at radius 3 is 2.74 bits per heavy atom. The van der Waals surface area contributed by atoms with Gasteiger partial charge in [0.05, 0.1) is 5.92 Å². The Morgan fingerprint density at radius 1 is 1.19 bits per heavy atom. The number of aromatic nitrogens is 2. The molecule has 0 aliphatic carbocycles. The molecule has 1 atom stereocenters. The molecule has 3 aromatic rings. The lowest BCUT2D eigenvalue weighted by atomic mass is 9.96. The first-order valence-corrected chi connectivity index (χ1v) is 9.44. The molecule has 0 saturated carbocycles. The molecule has 0 unspecified atom stereocenters. The van der Waals surface area contributed by atoms with Crippen molar-refractivity contribution in [1.29, 1.82) is 0 Å². The van der Waals surface area contributed by atoms with Gasteiger partial charge in [-0.3, -0.25) is 4.79 Å². The van der Waals surface area contributed by atoms with Gasteiger partial charge in [0, 0.05) is 29.2 Å². The van der Waals surface area contributed by atoms with Crippen molar-refractivity contribution in [2.24, 2.45) is 0 Å². The van der Waals surface area contributed by atoms with Crippen molar-refractivity contribution in [1.82, 2.24) is 15.0 Å². The van der Waals surface area contributed by atoms with E-state index in [4.69, 9.17) is 16.1 Å². The van der Waals surface area contributed by atoms with Gasteiger partial charge in [0.2, 0.25) is 11.7 Å². The average Bonchev–Trinajstić information content (AvgIpc) is 3.19. The van der Waals surface area contributed by atoms with Gasteiger partial charge in [0.15, 0.2) is 0 Å². The molecule has 1 aliphatic heterocycles. The van der Waals surface area contributed by atoms with Gasteiger partial charge in [-0.25, -0.2) is 0 Å². The second kappa shape index (κ2) is 7.53. The van der Waals surface area contributed by atoms with Gasteiger partial charge in [0.1, 0.15) is 0 Å². The Balaban J connectivity index is 1.51. The fraction of sp³-hybridized carbons (Fsp3) is 0.286. The summed E-state index contributed by atoms with van der Waals surface area (Å²) in [5, 5.41) is 4.77. The van der Waals surface area contributed by atoms with Crippen molar-refractivity contribution < 1.29 is 9.32 Å². The molecule has 1 aliphatic rings. The first-order valence-electron chi connectivity index (χ1n) is 9.06. The third-order valence-corrected chi connectivity index (χ3v) is 5.23. The first-order chi connectivity index (χ1) is 13.1. The van der Waals surface area contributed by atoms with Crippen LogP contribution < -0.4 is 0 Å².